The van der Waals surface area contributed by atoms with Crippen molar-refractivity contribution in [3.63, 3.8) is 0 Å². The molecule has 0 radical (unpaired) electrons. The van der Waals surface area contributed by atoms with Crippen molar-refractivity contribution in [2.75, 3.05) is 0 Å². The summed E-state index contributed by atoms with van der Waals surface area (Å²) in [4.78, 5) is 11.7. The first-order chi connectivity index (χ1) is 16.1. The summed E-state index contributed by atoms with van der Waals surface area (Å²) in [6.07, 6.45) is 7.38. The number of benzene rings is 2. The average Bonchev–Trinajstić information content (AvgIpc) is 2.79. The molecule has 34 heavy (non-hydrogen) atoms. The van der Waals surface area contributed by atoms with E-state index in [1.165, 1.54) is 37.7 Å². The lowest BCUT2D eigenvalue weighted by atomic mass is 9.99. The summed E-state index contributed by atoms with van der Waals surface area (Å²) in [5, 5.41) is 11.9. The molecule has 0 atom stereocenters. The van der Waals surface area contributed by atoms with E-state index in [4.69, 9.17) is 0 Å². The minimum atomic E-state index is -1.89. The molecular formula is C30H43NO2Si. The van der Waals surface area contributed by atoms with E-state index < -0.39 is 8.07 Å². The van der Waals surface area contributed by atoms with Gasteiger partial charge in [-0.2, -0.15) is 0 Å². The van der Waals surface area contributed by atoms with Gasteiger partial charge < -0.3 is 0 Å². The van der Waals surface area contributed by atoms with Crippen LogP contribution in [-0.2, 0) is 6.42 Å². The SMILES string of the molecule is CCCCCCCc1ccc(-c2ccc(C#C[Si](C(C)C)(C(C)C)C(C)C)cc2[N+](=O)[O-])cc1. The van der Waals surface area contributed by atoms with E-state index in [2.05, 4.69) is 72.1 Å². The number of unbranched alkanes of at least 4 members (excludes halogenated alkanes) is 4. The Morgan fingerprint density at radius 1 is 0.853 bits per heavy atom. The summed E-state index contributed by atoms with van der Waals surface area (Å²) >= 11 is 0. The van der Waals surface area contributed by atoms with Crippen LogP contribution in [0.25, 0.3) is 11.1 Å². The van der Waals surface area contributed by atoms with Crippen LogP contribution in [0.4, 0.5) is 5.69 Å². The summed E-state index contributed by atoms with van der Waals surface area (Å²) in [5.74, 6) is 3.36. The smallest absolute Gasteiger partial charge is 0.258 e. The third-order valence-corrected chi connectivity index (χ3v) is 13.6. The van der Waals surface area contributed by atoms with Crippen LogP contribution in [-0.4, -0.2) is 13.0 Å². The Kier molecular flexibility index (Phi) is 10.6. The predicted molar refractivity (Wildman–Crippen MR) is 149 cm³/mol. The van der Waals surface area contributed by atoms with Gasteiger partial charge >= 0.3 is 0 Å². The molecule has 0 aliphatic carbocycles. The zero-order valence-electron chi connectivity index (χ0n) is 22.3. The molecule has 184 valence electrons. The zero-order valence-corrected chi connectivity index (χ0v) is 23.3. The van der Waals surface area contributed by atoms with Crippen LogP contribution in [0.15, 0.2) is 42.5 Å². The number of nitro groups is 1. The first kappa shape index (κ1) is 27.9. The first-order valence-corrected chi connectivity index (χ1v) is 15.3. The standard InChI is InChI=1S/C30H43NO2Si/c1-8-9-10-11-12-13-26-14-17-28(18-15-26)29-19-16-27(22-30(29)31(32)33)20-21-34(23(2)3,24(4)5)25(6)7/h14-19,22-25H,8-13H2,1-7H3. The highest BCUT2D eigenvalue weighted by Crippen LogP contribution is 2.41. The second-order valence-electron chi connectivity index (χ2n) is 10.5. The Bertz CT molecular complexity index is 975. The monoisotopic (exact) mass is 477 g/mol. The Labute approximate surface area is 208 Å². The van der Waals surface area contributed by atoms with Gasteiger partial charge in [0.1, 0.15) is 8.07 Å². The van der Waals surface area contributed by atoms with Gasteiger partial charge in [-0.3, -0.25) is 10.1 Å². The molecule has 0 unspecified atom stereocenters. The molecule has 2 rings (SSSR count). The summed E-state index contributed by atoms with van der Waals surface area (Å²) in [5.41, 5.74) is 8.96. The van der Waals surface area contributed by atoms with E-state index in [1.54, 1.807) is 6.07 Å². The largest absolute Gasteiger partial charge is 0.278 e. The molecule has 0 aliphatic heterocycles. The number of hydrogen-bond donors (Lipinski definition) is 0. The molecule has 0 aromatic heterocycles. The van der Waals surface area contributed by atoms with Crippen LogP contribution in [0.3, 0.4) is 0 Å². The van der Waals surface area contributed by atoms with Gasteiger partial charge in [-0.15, -0.1) is 5.54 Å². The van der Waals surface area contributed by atoms with Gasteiger partial charge in [0, 0.05) is 11.6 Å². The molecule has 0 fully saturated rings. The van der Waals surface area contributed by atoms with Crippen molar-refractivity contribution in [1.82, 2.24) is 0 Å². The fourth-order valence-electron chi connectivity index (χ4n) is 5.40. The van der Waals surface area contributed by atoms with E-state index >= 15 is 0 Å². The molecule has 0 aliphatic rings. The second-order valence-corrected chi connectivity index (χ2v) is 16.1. The molecule has 0 heterocycles. The number of rotatable bonds is 11. The van der Waals surface area contributed by atoms with Crippen LogP contribution >= 0.6 is 0 Å². The molecule has 0 N–H and O–H groups in total. The lowest BCUT2D eigenvalue weighted by Gasteiger charge is -2.38. The quantitative estimate of drug-likeness (QED) is 0.106. The molecule has 0 saturated carbocycles. The Balaban J connectivity index is 2.31. The van der Waals surface area contributed by atoms with Crippen molar-refractivity contribution < 1.29 is 4.92 Å². The highest BCUT2D eigenvalue weighted by atomic mass is 28.3. The highest BCUT2D eigenvalue weighted by molar-refractivity contribution is 6.90. The number of hydrogen-bond acceptors (Lipinski definition) is 2. The second kappa shape index (κ2) is 12.9. The summed E-state index contributed by atoms with van der Waals surface area (Å²) in [7, 11) is -1.89. The highest BCUT2D eigenvalue weighted by Gasteiger charge is 2.41. The van der Waals surface area contributed by atoms with Crippen molar-refractivity contribution in [3.05, 3.63) is 63.7 Å². The molecule has 0 bridgehead atoms. The van der Waals surface area contributed by atoms with Gasteiger partial charge in [-0.1, -0.05) is 104 Å². The van der Waals surface area contributed by atoms with Crippen LogP contribution in [0.2, 0.25) is 16.6 Å². The topological polar surface area (TPSA) is 43.1 Å². The van der Waals surface area contributed by atoms with Crippen molar-refractivity contribution in [3.8, 4) is 22.6 Å². The lowest BCUT2D eigenvalue weighted by molar-refractivity contribution is -0.384. The van der Waals surface area contributed by atoms with Gasteiger partial charge in [-0.05, 0) is 52.7 Å². The molecule has 0 spiro atoms. The van der Waals surface area contributed by atoms with Gasteiger partial charge in [0.05, 0.1) is 10.5 Å². The zero-order chi connectivity index (χ0) is 25.3. The maximum atomic E-state index is 11.9. The third-order valence-electron chi connectivity index (χ3n) is 7.32. The van der Waals surface area contributed by atoms with E-state index in [1.807, 2.05) is 24.3 Å². The van der Waals surface area contributed by atoms with Crippen molar-refractivity contribution >= 4 is 13.8 Å². The van der Waals surface area contributed by atoms with Gasteiger partial charge in [-0.25, -0.2) is 0 Å². The minimum Gasteiger partial charge on any atom is -0.258 e. The van der Waals surface area contributed by atoms with Crippen LogP contribution in [0.1, 0.15) is 91.7 Å². The predicted octanol–water partition coefficient (Wildman–Crippen LogP) is 9.34. The van der Waals surface area contributed by atoms with Crippen LogP contribution in [0.5, 0.6) is 0 Å². The average molecular weight is 478 g/mol. The molecule has 2 aromatic rings. The van der Waals surface area contributed by atoms with Crippen LogP contribution < -0.4 is 0 Å². The fourth-order valence-corrected chi connectivity index (χ4v) is 10.6. The number of nitrogens with zero attached hydrogens (tertiary/aromatic N) is 1. The van der Waals surface area contributed by atoms with Crippen LogP contribution in [0, 0.1) is 21.6 Å². The van der Waals surface area contributed by atoms with E-state index in [0.29, 0.717) is 22.2 Å². The molecule has 4 heteroatoms. The Hall–Kier alpha value is -2.38. The fraction of sp³-hybridized carbons (Fsp3) is 0.533. The van der Waals surface area contributed by atoms with Gasteiger partial charge in [0.15, 0.2) is 0 Å². The summed E-state index contributed by atoms with van der Waals surface area (Å²) in [6, 6.07) is 13.7. The maximum Gasteiger partial charge on any atom is 0.278 e. The number of nitro benzene ring substituents is 1. The van der Waals surface area contributed by atoms with E-state index in [-0.39, 0.29) is 10.6 Å². The lowest BCUT2D eigenvalue weighted by Crippen LogP contribution is -2.43. The van der Waals surface area contributed by atoms with E-state index in [9.17, 15) is 10.1 Å². The van der Waals surface area contributed by atoms with Gasteiger partial charge in [0.2, 0.25) is 0 Å². The summed E-state index contributed by atoms with van der Waals surface area (Å²) < 4.78 is 0. The van der Waals surface area contributed by atoms with Gasteiger partial charge in [0.25, 0.3) is 5.69 Å². The molecular weight excluding hydrogens is 434 g/mol. The van der Waals surface area contributed by atoms with Crippen molar-refractivity contribution in [2.24, 2.45) is 0 Å². The normalized spacial score (nSPS) is 11.7. The first-order valence-electron chi connectivity index (χ1n) is 13.0. The molecule has 2 aromatic carbocycles. The Morgan fingerprint density at radius 3 is 1.97 bits per heavy atom. The number of aryl methyl sites for hydroxylation is 1. The van der Waals surface area contributed by atoms with Crippen molar-refractivity contribution in [1.29, 1.82) is 0 Å². The minimum absolute atomic E-state index is 0.130. The molecule has 3 nitrogen and oxygen atoms in total. The van der Waals surface area contributed by atoms with Crippen molar-refractivity contribution in [2.45, 2.75) is 104 Å². The third kappa shape index (κ3) is 6.82. The molecule has 0 amide bonds. The summed E-state index contributed by atoms with van der Waals surface area (Å²) in [6.45, 7) is 15.9. The Morgan fingerprint density at radius 2 is 1.44 bits per heavy atom. The molecule has 0 saturated heterocycles. The van der Waals surface area contributed by atoms with E-state index in [0.717, 1.165) is 17.5 Å². The maximum absolute atomic E-state index is 11.9.